The molecule has 0 aliphatic heterocycles. The summed E-state index contributed by atoms with van der Waals surface area (Å²) in [4.78, 5) is 0.0639. The van der Waals surface area contributed by atoms with E-state index >= 15 is 0 Å². The van der Waals surface area contributed by atoms with Gasteiger partial charge in [0.2, 0.25) is 0 Å². The van der Waals surface area contributed by atoms with Crippen LogP contribution in [0.5, 0.6) is 0 Å². The van der Waals surface area contributed by atoms with Crippen LogP contribution in [-0.2, 0) is 16.5 Å². The summed E-state index contributed by atoms with van der Waals surface area (Å²) in [5, 5.41) is 1.42. The first-order chi connectivity index (χ1) is 15.0. The van der Waals surface area contributed by atoms with Crippen LogP contribution in [0.2, 0.25) is 3.67 Å². The zero-order valence-electron chi connectivity index (χ0n) is 20.0. The van der Waals surface area contributed by atoms with Crippen molar-refractivity contribution in [3.8, 4) is 0 Å². The Hall–Kier alpha value is -0.390. The fourth-order valence-corrected chi connectivity index (χ4v) is 5.36. The van der Waals surface area contributed by atoms with E-state index in [-0.39, 0.29) is 4.90 Å². The fraction of sp³-hybridized carbons (Fsp3) is 0.615. The second-order valence-corrected chi connectivity index (χ2v) is 10.9. The van der Waals surface area contributed by atoms with Gasteiger partial charge in [0.1, 0.15) is 4.90 Å². The predicted octanol–water partition coefficient (Wildman–Crippen LogP) is 7.92. The number of unbranched alkanes of at least 4 members (excludes halogenated alkanes) is 10. The minimum absolute atomic E-state index is 0.0639. The minimum Gasteiger partial charge on any atom is -0.282 e. The smallest absolute Gasteiger partial charge is 0.282 e. The Bertz CT molecular complexity index is 824. The van der Waals surface area contributed by atoms with Gasteiger partial charge < -0.3 is 0 Å². The molecule has 0 aromatic heterocycles. The summed E-state index contributed by atoms with van der Waals surface area (Å²) < 4.78 is 34.1. The fourth-order valence-electron chi connectivity index (χ4n) is 3.89. The van der Waals surface area contributed by atoms with Crippen LogP contribution >= 0.6 is 0 Å². The van der Waals surface area contributed by atoms with E-state index in [1.54, 1.807) is 18.2 Å². The van der Waals surface area contributed by atoms with Crippen LogP contribution in [0.25, 0.3) is 10.8 Å². The molecule has 0 heterocycles. The van der Waals surface area contributed by atoms with Crippen molar-refractivity contribution in [2.45, 2.75) is 106 Å². The average Bonchev–Trinajstić information content (AvgIpc) is 2.76. The van der Waals surface area contributed by atoms with Crippen LogP contribution in [0.3, 0.4) is 0 Å². The quantitative estimate of drug-likeness (QED) is 0.178. The van der Waals surface area contributed by atoms with Crippen molar-refractivity contribution in [2.24, 2.45) is 0 Å². The van der Waals surface area contributed by atoms with E-state index in [2.05, 4.69) is 6.92 Å². The Labute approximate surface area is 208 Å². The van der Waals surface area contributed by atoms with Crippen molar-refractivity contribution in [1.82, 2.24) is 0 Å². The normalized spacial score (nSPS) is 11.4. The Kier molecular flexibility index (Phi) is 15.8. The largest absolute Gasteiger partial charge is 0.295 e. The number of aryl methyl sites for hydroxylation is 1. The Morgan fingerprint density at radius 3 is 1.84 bits per heavy atom. The van der Waals surface area contributed by atoms with E-state index in [0.717, 1.165) is 18.2 Å². The molecule has 2 aromatic rings. The summed E-state index contributed by atoms with van der Waals surface area (Å²) in [6.07, 6.45) is 17.3. The maximum absolute atomic E-state index is 11.6. The summed E-state index contributed by atoms with van der Waals surface area (Å²) in [5.74, 6) is 0. The molecule has 3 nitrogen and oxygen atoms in total. The monoisotopic (exact) mass is 456 g/mol. The number of fused-ring (bicyclic) bond motifs is 1. The van der Waals surface area contributed by atoms with E-state index in [9.17, 15) is 13.0 Å². The molecule has 0 atom stereocenters. The van der Waals surface area contributed by atoms with E-state index < -0.39 is 10.1 Å². The molecule has 0 aliphatic carbocycles. The molecule has 0 amide bonds. The van der Waals surface area contributed by atoms with E-state index in [0.29, 0.717) is 17.4 Å². The van der Waals surface area contributed by atoms with Gasteiger partial charge in [-0.25, -0.2) is 0 Å². The van der Waals surface area contributed by atoms with Crippen LogP contribution in [0.4, 0.5) is 0 Å². The topological polar surface area (TPSA) is 54.4 Å². The van der Waals surface area contributed by atoms with Gasteiger partial charge in [0.25, 0.3) is 10.1 Å². The third kappa shape index (κ3) is 11.9. The minimum atomic E-state index is -4.19. The molecule has 0 radical (unpaired) electrons. The molecule has 2 rings (SSSR count). The molecule has 170 valence electrons. The zero-order valence-corrected chi connectivity index (χ0v) is 22.9. The maximum atomic E-state index is 11.6. The molecule has 0 saturated carbocycles. The Morgan fingerprint density at radius 1 is 0.742 bits per heavy atom. The number of rotatable bonds is 14. The van der Waals surface area contributed by atoms with Gasteiger partial charge >= 0.3 is 103 Å². The van der Waals surface area contributed by atoms with Crippen LogP contribution in [0, 0.1) is 0 Å². The Morgan fingerprint density at radius 2 is 1.29 bits per heavy atom. The molecule has 0 bridgehead atoms. The number of hydrogen-bond acceptors (Lipinski definition) is 2. The summed E-state index contributed by atoms with van der Waals surface area (Å²) in [6.45, 7) is 4.34. The maximum Gasteiger partial charge on any atom is 0.295 e. The molecule has 0 saturated heterocycles. The van der Waals surface area contributed by atoms with E-state index in [1.165, 1.54) is 95.8 Å². The van der Waals surface area contributed by atoms with Gasteiger partial charge in [-0.1, -0.05) is 49.7 Å². The van der Waals surface area contributed by atoms with E-state index in [4.69, 9.17) is 0 Å². The first kappa shape index (κ1) is 28.6. The van der Waals surface area contributed by atoms with Gasteiger partial charge in [0.15, 0.2) is 0 Å². The second-order valence-electron chi connectivity index (χ2n) is 8.54. The van der Waals surface area contributed by atoms with Crippen molar-refractivity contribution in [1.29, 1.82) is 0 Å². The predicted molar refractivity (Wildman–Crippen MR) is 135 cm³/mol. The molecule has 0 unspecified atom stereocenters. The van der Waals surface area contributed by atoms with Crippen molar-refractivity contribution < 1.29 is 13.0 Å². The standard InChI is InChI=1S/C14H16O3S.C12H25.Na/c1-2-3-6-12-10-9-11-7-4-5-8-13(11)14(12)18(15,16)17;1-3-5-7-9-11-12-10-8-6-4-2;/h4-5,7-10H,2-3,6H2,1H3,(H,15,16,17);1,3-12H2,2H3;. The summed E-state index contributed by atoms with van der Waals surface area (Å²) in [7, 11) is -4.19. The van der Waals surface area contributed by atoms with Crippen molar-refractivity contribution in [3.63, 3.8) is 0 Å². The van der Waals surface area contributed by atoms with Crippen LogP contribution in [0.1, 0.15) is 96.5 Å². The van der Waals surface area contributed by atoms with Gasteiger partial charge in [-0.15, -0.1) is 0 Å². The van der Waals surface area contributed by atoms with E-state index in [1.807, 2.05) is 25.1 Å². The molecule has 0 spiro atoms. The van der Waals surface area contributed by atoms with Gasteiger partial charge in [-0.2, -0.15) is 8.42 Å². The molecular weight excluding hydrogens is 415 g/mol. The molecule has 5 heteroatoms. The molecule has 2 aromatic carbocycles. The molecule has 31 heavy (non-hydrogen) atoms. The van der Waals surface area contributed by atoms with Gasteiger partial charge in [-0.05, 0) is 23.8 Å². The summed E-state index contributed by atoms with van der Waals surface area (Å²) in [5.41, 5.74) is 0.693. The van der Waals surface area contributed by atoms with Crippen molar-refractivity contribution in [2.75, 3.05) is 0 Å². The summed E-state index contributed by atoms with van der Waals surface area (Å²) >= 11 is 1.41. The average molecular weight is 457 g/mol. The SMILES string of the molecule is CCCCCCCCCCC[CH2][Na].CCCCc1ccc2ccccc2c1S(=O)(=O)O. The van der Waals surface area contributed by atoms with Gasteiger partial charge in [-0.3, -0.25) is 4.55 Å². The third-order valence-electron chi connectivity index (χ3n) is 5.73. The molecule has 0 aliphatic rings. The van der Waals surface area contributed by atoms with Gasteiger partial charge in [0, 0.05) is 5.39 Å². The first-order valence-corrected chi connectivity index (χ1v) is 15.3. The Balaban J connectivity index is 0.000000330. The molecular formula is C26H41NaO3S. The van der Waals surface area contributed by atoms with Crippen LogP contribution < -0.4 is 0 Å². The first-order valence-electron chi connectivity index (χ1n) is 12.4. The van der Waals surface area contributed by atoms with Crippen molar-refractivity contribution in [3.05, 3.63) is 42.0 Å². The van der Waals surface area contributed by atoms with Crippen LogP contribution in [-0.4, -0.2) is 40.9 Å². The molecule has 1 N–H and O–H groups in total. The molecule has 0 fully saturated rings. The number of benzene rings is 2. The summed E-state index contributed by atoms with van der Waals surface area (Å²) in [6, 6.07) is 10.9. The third-order valence-corrected chi connectivity index (χ3v) is 7.43. The van der Waals surface area contributed by atoms with Crippen molar-refractivity contribution >= 4 is 48.8 Å². The van der Waals surface area contributed by atoms with Gasteiger partial charge in [0.05, 0.1) is 0 Å². The zero-order chi connectivity index (χ0) is 23.0. The second kappa shape index (κ2) is 17.1. The van der Waals surface area contributed by atoms with Crippen LogP contribution in [0.15, 0.2) is 41.3 Å². The number of hydrogen-bond donors (Lipinski definition) is 1.